The zero-order valence-electron chi connectivity index (χ0n) is 15.8. The Morgan fingerprint density at radius 2 is 1.89 bits per heavy atom. The highest BCUT2D eigenvalue weighted by molar-refractivity contribution is 7.80. The van der Waals surface area contributed by atoms with Crippen molar-refractivity contribution < 1.29 is 14.3 Å². The number of thiocarbonyl (C=S) groups is 1. The first-order valence-corrected chi connectivity index (χ1v) is 9.53. The predicted octanol–water partition coefficient (Wildman–Crippen LogP) is 4.78. The Balaban J connectivity index is 1.88. The maximum Gasteiger partial charge on any atom is 0.261 e. The van der Waals surface area contributed by atoms with Crippen LogP contribution in [-0.4, -0.2) is 24.7 Å². The average molecular weight is 387 g/mol. The Kier molecular flexibility index (Phi) is 8.58. The van der Waals surface area contributed by atoms with E-state index in [1.165, 1.54) is 26.4 Å². The molecule has 0 aromatic heterocycles. The number of benzene rings is 2. The normalized spacial score (nSPS) is 10.1. The van der Waals surface area contributed by atoms with Crippen LogP contribution in [0.1, 0.15) is 43.0 Å². The molecule has 0 aliphatic carbocycles. The third-order valence-electron chi connectivity index (χ3n) is 3.94. The van der Waals surface area contributed by atoms with Crippen molar-refractivity contribution in [1.82, 2.24) is 5.32 Å². The highest BCUT2D eigenvalue weighted by Crippen LogP contribution is 2.19. The topological polar surface area (TPSA) is 59.6 Å². The lowest BCUT2D eigenvalue weighted by Crippen LogP contribution is -2.34. The molecule has 144 valence electrons. The van der Waals surface area contributed by atoms with Crippen LogP contribution in [0.2, 0.25) is 0 Å². The van der Waals surface area contributed by atoms with Crippen LogP contribution in [0.4, 0.5) is 5.69 Å². The van der Waals surface area contributed by atoms with E-state index in [1.54, 1.807) is 24.3 Å². The summed E-state index contributed by atoms with van der Waals surface area (Å²) in [6.45, 7) is 2.88. The van der Waals surface area contributed by atoms with Crippen LogP contribution < -0.4 is 20.1 Å². The van der Waals surface area contributed by atoms with Gasteiger partial charge in [-0.1, -0.05) is 44.4 Å². The van der Waals surface area contributed by atoms with Crippen molar-refractivity contribution in [2.45, 2.75) is 32.6 Å². The van der Waals surface area contributed by atoms with Crippen molar-refractivity contribution in [1.29, 1.82) is 0 Å². The van der Waals surface area contributed by atoms with E-state index in [4.69, 9.17) is 21.7 Å². The van der Waals surface area contributed by atoms with E-state index < -0.39 is 0 Å². The van der Waals surface area contributed by atoms with E-state index in [1.807, 2.05) is 24.3 Å². The lowest BCUT2D eigenvalue weighted by Gasteiger charge is -2.12. The largest absolute Gasteiger partial charge is 0.496 e. The summed E-state index contributed by atoms with van der Waals surface area (Å²) in [6.07, 6.45) is 4.65. The molecule has 0 fully saturated rings. The maximum atomic E-state index is 12.4. The Morgan fingerprint density at radius 1 is 1.07 bits per heavy atom. The van der Waals surface area contributed by atoms with Crippen molar-refractivity contribution in [2.24, 2.45) is 0 Å². The van der Waals surface area contributed by atoms with Gasteiger partial charge in [-0.2, -0.15) is 0 Å². The van der Waals surface area contributed by atoms with Gasteiger partial charge in [0, 0.05) is 11.8 Å². The first-order valence-electron chi connectivity index (χ1n) is 9.12. The summed E-state index contributed by atoms with van der Waals surface area (Å²) in [5.41, 5.74) is 1.18. The highest BCUT2D eigenvalue weighted by Gasteiger charge is 2.13. The zero-order chi connectivity index (χ0) is 19.5. The molecule has 0 spiro atoms. The molecular formula is C21H26N2O3S. The number of nitrogens with one attached hydrogen (secondary N) is 2. The number of hydrogen-bond donors (Lipinski definition) is 2. The van der Waals surface area contributed by atoms with Gasteiger partial charge in [-0.25, -0.2) is 0 Å². The molecule has 0 saturated heterocycles. The Hall–Kier alpha value is -2.60. The third-order valence-corrected chi connectivity index (χ3v) is 4.14. The van der Waals surface area contributed by atoms with Gasteiger partial charge in [0.2, 0.25) is 0 Å². The number of hydrogen-bond acceptors (Lipinski definition) is 4. The second kappa shape index (κ2) is 11.2. The number of carbonyl (C=O) groups excluding carboxylic acids is 1. The number of unbranched alkanes of at least 4 members (excludes halogenated alkanes) is 3. The van der Waals surface area contributed by atoms with Crippen molar-refractivity contribution in [3.63, 3.8) is 0 Å². The summed E-state index contributed by atoms with van der Waals surface area (Å²) in [5.74, 6) is 0.944. The molecule has 0 aliphatic heterocycles. The van der Waals surface area contributed by atoms with E-state index >= 15 is 0 Å². The highest BCUT2D eigenvalue weighted by atomic mass is 32.1. The van der Waals surface area contributed by atoms with Gasteiger partial charge in [-0.05, 0) is 42.9 Å². The Morgan fingerprint density at radius 3 is 2.67 bits per heavy atom. The van der Waals surface area contributed by atoms with Crippen LogP contribution in [-0.2, 0) is 0 Å². The predicted molar refractivity (Wildman–Crippen MR) is 113 cm³/mol. The van der Waals surface area contributed by atoms with E-state index in [-0.39, 0.29) is 11.0 Å². The molecule has 1 amide bonds. The van der Waals surface area contributed by atoms with Crippen LogP contribution in [0.3, 0.4) is 0 Å². The second-order valence-corrected chi connectivity index (χ2v) is 6.45. The first-order chi connectivity index (χ1) is 13.1. The standard InChI is InChI=1S/C21H26N2O3S/c1-3-4-5-8-14-26-17-11-9-10-16(15-17)22-21(27)23-20(24)18-12-6-7-13-19(18)25-2/h6-7,9-13,15H,3-5,8,14H2,1-2H3,(H2,22,23,24,27). The monoisotopic (exact) mass is 386 g/mol. The molecule has 2 N–H and O–H groups in total. The van der Waals surface area contributed by atoms with E-state index in [9.17, 15) is 4.79 Å². The van der Waals surface area contributed by atoms with Gasteiger partial charge in [0.25, 0.3) is 5.91 Å². The molecule has 5 nitrogen and oxygen atoms in total. The second-order valence-electron chi connectivity index (χ2n) is 6.05. The molecule has 0 radical (unpaired) electrons. The summed E-state index contributed by atoms with van der Waals surface area (Å²) >= 11 is 5.25. The molecule has 0 atom stereocenters. The number of rotatable bonds is 9. The van der Waals surface area contributed by atoms with Crippen molar-refractivity contribution in [3.8, 4) is 11.5 Å². The fraction of sp³-hybridized carbons (Fsp3) is 0.333. The summed E-state index contributed by atoms with van der Waals surface area (Å²) in [4.78, 5) is 12.4. The van der Waals surface area contributed by atoms with Gasteiger partial charge in [0.1, 0.15) is 11.5 Å². The molecule has 0 bridgehead atoms. The van der Waals surface area contributed by atoms with Crippen LogP contribution in [0.25, 0.3) is 0 Å². The first kappa shape index (κ1) is 20.7. The molecule has 2 rings (SSSR count). The summed E-state index contributed by atoms with van der Waals surface area (Å²) in [6, 6.07) is 14.5. The number of amides is 1. The van der Waals surface area contributed by atoms with E-state index in [0.29, 0.717) is 17.9 Å². The molecule has 0 heterocycles. The van der Waals surface area contributed by atoms with Gasteiger partial charge in [0.05, 0.1) is 19.3 Å². The zero-order valence-corrected chi connectivity index (χ0v) is 16.6. The number of methoxy groups -OCH3 is 1. The minimum atomic E-state index is -0.326. The van der Waals surface area contributed by atoms with Crippen molar-refractivity contribution in [2.75, 3.05) is 19.0 Å². The summed E-state index contributed by atoms with van der Waals surface area (Å²) in [7, 11) is 1.52. The number of para-hydroxylation sites is 1. The molecule has 6 heteroatoms. The summed E-state index contributed by atoms with van der Waals surface area (Å²) < 4.78 is 11.0. The third kappa shape index (κ3) is 6.90. The lowest BCUT2D eigenvalue weighted by molar-refractivity contribution is 0.0975. The molecule has 0 unspecified atom stereocenters. The quantitative estimate of drug-likeness (QED) is 0.480. The van der Waals surface area contributed by atoms with Crippen molar-refractivity contribution in [3.05, 3.63) is 54.1 Å². The van der Waals surface area contributed by atoms with E-state index in [0.717, 1.165) is 17.9 Å². The van der Waals surface area contributed by atoms with Gasteiger partial charge in [0.15, 0.2) is 5.11 Å². The van der Waals surface area contributed by atoms with Crippen LogP contribution >= 0.6 is 12.2 Å². The van der Waals surface area contributed by atoms with Gasteiger partial charge in [-0.3, -0.25) is 10.1 Å². The Bertz CT molecular complexity index is 765. The van der Waals surface area contributed by atoms with Crippen LogP contribution in [0.15, 0.2) is 48.5 Å². The SMILES string of the molecule is CCCCCCOc1cccc(NC(=S)NC(=O)c2ccccc2OC)c1. The van der Waals surface area contributed by atoms with Gasteiger partial charge in [-0.15, -0.1) is 0 Å². The van der Waals surface area contributed by atoms with Gasteiger partial charge < -0.3 is 14.8 Å². The molecule has 2 aromatic carbocycles. The fourth-order valence-corrected chi connectivity index (χ4v) is 2.76. The number of ether oxygens (including phenoxy) is 2. The van der Waals surface area contributed by atoms with E-state index in [2.05, 4.69) is 17.6 Å². The fourth-order valence-electron chi connectivity index (χ4n) is 2.55. The average Bonchev–Trinajstić information content (AvgIpc) is 2.68. The molecule has 0 saturated carbocycles. The lowest BCUT2D eigenvalue weighted by atomic mass is 10.2. The molecule has 27 heavy (non-hydrogen) atoms. The molecule has 2 aromatic rings. The summed E-state index contributed by atoms with van der Waals surface area (Å²) in [5, 5.41) is 5.89. The number of carbonyl (C=O) groups is 1. The van der Waals surface area contributed by atoms with Gasteiger partial charge >= 0.3 is 0 Å². The van der Waals surface area contributed by atoms with Crippen molar-refractivity contribution >= 4 is 28.9 Å². The Labute approximate surface area is 166 Å². The minimum absolute atomic E-state index is 0.214. The number of anilines is 1. The smallest absolute Gasteiger partial charge is 0.261 e. The maximum absolute atomic E-state index is 12.4. The minimum Gasteiger partial charge on any atom is -0.496 e. The van der Waals surface area contributed by atoms with Crippen LogP contribution in [0, 0.1) is 0 Å². The molecule has 0 aliphatic rings. The molecular weight excluding hydrogens is 360 g/mol. The van der Waals surface area contributed by atoms with Crippen LogP contribution in [0.5, 0.6) is 11.5 Å².